The molecule has 2 heterocycles. The fourth-order valence-corrected chi connectivity index (χ4v) is 2.66. The van der Waals surface area contributed by atoms with Gasteiger partial charge in [-0.2, -0.15) is 0 Å². The Hall–Kier alpha value is -3.02. The maximum absolute atomic E-state index is 11.7. The normalized spacial score (nSPS) is 12.0. The van der Waals surface area contributed by atoms with Crippen LogP contribution >= 0.6 is 0 Å². The summed E-state index contributed by atoms with van der Waals surface area (Å²) in [6, 6.07) is 10.9. The number of nitrogens with zero attached hydrogens (tertiary/aromatic N) is 4. The molecule has 6 nitrogen and oxygen atoms in total. The Morgan fingerprint density at radius 3 is 2.62 bits per heavy atom. The molecule has 0 saturated carbocycles. The molecule has 0 aliphatic rings. The third kappa shape index (κ3) is 3.49. The zero-order chi connectivity index (χ0) is 18.9. The van der Waals surface area contributed by atoms with Gasteiger partial charge < -0.3 is 4.74 Å². The van der Waals surface area contributed by atoms with E-state index in [1.54, 1.807) is 24.3 Å². The zero-order valence-electron chi connectivity index (χ0n) is 15.6. The van der Waals surface area contributed by atoms with Gasteiger partial charge in [0.2, 0.25) is 0 Å². The molecular weight excluding hydrogens is 328 g/mol. The van der Waals surface area contributed by atoms with Crippen molar-refractivity contribution in [2.24, 2.45) is 10.2 Å². The first-order valence-corrected chi connectivity index (χ1v) is 8.39. The molecule has 6 heteroatoms. The summed E-state index contributed by atoms with van der Waals surface area (Å²) in [4.78, 5) is 16.4. The van der Waals surface area contributed by atoms with E-state index < -0.39 is 5.97 Å². The summed E-state index contributed by atoms with van der Waals surface area (Å²) >= 11 is 0. The van der Waals surface area contributed by atoms with Gasteiger partial charge in [-0.15, -0.1) is 10.2 Å². The highest BCUT2D eigenvalue weighted by molar-refractivity contribution is 5.90. The number of methoxy groups -OCH3 is 1. The molecule has 0 saturated heterocycles. The van der Waals surface area contributed by atoms with Crippen molar-refractivity contribution in [3.05, 3.63) is 59.4 Å². The quantitative estimate of drug-likeness (QED) is 0.485. The third-order valence-electron chi connectivity index (χ3n) is 3.98. The number of imidazole rings is 1. The van der Waals surface area contributed by atoms with Gasteiger partial charge in [-0.3, -0.25) is 4.40 Å². The molecule has 1 aromatic carbocycles. The van der Waals surface area contributed by atoms with Crippen LogP contribution in [0.2, 0.25) is 0 Å². The highest BCUT2D eigenvalue weighted by atomic mass is 16.5. The fourth-order valence-electron chi connectivity index (χ4n) is 2.66. The van der Waals surface area contributed by atoms with Crippen LogP contribution in [0, 0.1) is 6.92 Å². The Kier molecular flexibility index (Phi) is 4.59. The number of pyridine rings is 1. The van der Waals surface area contributed by atoms with Crippen LogP contribution in [0.4, 0.5) is 11.5 Å². The summed E-state index contributed by atoms with van der Waals surface area (Å²) in [7, 11) is 1.35. The van der Waals surface area contributed by atoms with Gasteiger partial charge in [0, 0.05) is 11.6 Å². The molecule has 0 fully saturated rings. The predicted octanol–water partition coefficient (Wildman–Crippen LogP) is 5.14. The van der Waals surface area contributed by atoms with Gasteiger partial charge >= 0.3 is 5.97 Å². The molecule has 3 rings (SSSR count). The van der Waals surface area contributed by atoms with Crippen molar-refractivity contribution in [3.8, 4) is 0 Å². The Morgan fingerprint density at radius 1 is 1.15 bits per heavy atom. The summed E-state index contributed by atoms with van der Waals surface area (Å²) in [6.45, 7) is 8.31. The summed E-state index contributed by atoms with van der Waals surface area (Å²) in [5, 5.41) is 8.81. The number of carbonyl (C=O) groups excluding carboxylic acids is 1. The van der Waals surface area contributed by atoms with Gasteiger partial charge in [0.05, 0.1) is 24.1 Å². The van der Waals surface area contributed by atoms with E-state index in [1.165, 1.54) is 7.11 Å². The second-order valence-corrected chi connectivity index (χ2v) is 7.21. The first-order valence-electron chi connectivity index (χ1n) is 8.39. The van der Waals surface area contributed by atoms with Gasteiger partial charge in [0.1, 0.15) is 5.65 Å². The Morgan fingerprint density at radius 2 is 1.92 bits per heavy atom. The number of esters is 1. The monoisotopic (exact) mass is 350 g/mol. The minimum Gasteiger partial charge on any atom is -0.465 e. The number of carbonyl (C=O) groups is 1. The molecule has 0 radical (unpaired) electrons. The van der Waals surface area contributed by atoms with Crippen molar-refractivity contribution in [2.75, 3.05) is 7.11 Å². The molecule has 0 spiro atoms. The van der Waals surface area contributed by atoms with E-state index in [1.807, 2.05) is 29.7 Å². The predicted molar refractivity (Wildman–Crippen MR) is 101 cm³/mol. The van der Waals surface area contributed by atoms with E-state index in [2.05, 4.69) is 31.0 Å². The molecular formula is C20H22N4O2. The van der Waals surface area contributed by atoms with E-state index in [0.29, 0.717) is 17.1 Å². The highest BCUT2D eigenvalue weighted by Gasteiger charge is 2.24. The number of azo groups is 1. The van der Waals surface area contributed by atoms with Crippen LogP contribution in [0.25, 0.3) is 5.65 Å². The number of benzene rings is 1. The number of hydrogen-bond donors (Lipinski definition) is 0. The van der Waals surface area contributed by atoms with E-state index in [-0.39, 0.29) is 5.41 Å². The Bertz CT molecular complexity index is 997. The van der Waals surface area contributed by atoms with Crippen LogP contribution in [0.1, 0.15) is 42.4 Å². The average Bonchev–Trinajstić information content (AvgIpc) is 2.97. The highest BCUT2D eigenvalue weighted by Crippen LogP contribution is 2.33. The Balaban J connectivity index is 2.09. The maximum atomic E-state index is 11.7. The third-order valence-corrected chi connectivity index (χ3v) is 3.98. The van der Waals surface area contributed by atoms with Crippen molar-refractivity contribution in [1.82, 2.24) is 9.38 Å². The van der Waals surface area contributed by atoms with Crippen molar-refractivity contribution in [1.29, 1.82) is 0 Å². The van der Waals surface area contributed by atoms with Crippen molar-refractivity contribution < 1.29 is 9.53 Å². The number of aryl methyl sites for hydroxylation is 1. The molecule has 0 aliphatic carbocycles. The van der Waals surface area contributed by atoms with Crippen LogP contribution in [-0.4, -0.2) is 22.5 Å². The van der Waals surface area contributed by atoms with Gasteiger partial charge in [-0.05, 0) is 36.8 Å². The molecule has 0 unspecified atom stereocenters. The minimum absolute atomic E-state index is 0.178. The number of hydrogen-bond acceptors (Lipinski definition) is 5. The van der Waals surface area contributed by atoms with Crippen LogP contribution < -0.4 is 0 Å². The largest absolute Gasteiger partial charge is 0.465 e. The molecule has 2 aromatic heterocycles. The van der Waals surface area contributed by atoms with Gasteiger partial charge in [0.15, 0.2) is 5.82 Å². The first-order chi connectivity index (χ1) is 12.3. The van der Waals surface area contributed by atoms with Crippen LogP contribution in [-0.2, 0) is 10.2 Å². The second-order valence-electron chi connectivity index (χ2n) is 7.21. The maximum Gasteiger partial charge on any atom is 0.337 e. The van der Waals surface area contributed by atoms with Gasteiger partial charge in [-0.25, -0.2) is 9.78 Å². The number of ether oxygens (including phenoxy) is 1. The Labute approximate surface area is 152 Å². The summed E-state index contributed by atoms with van der Waals surface area (Å²) < 4.78 is 6.70. The second kappa shape index (κ2) is 6.71. The molecule has 0 bridgehead atoms. The summed E-state index contributed by atoms with van der Waals surface area (Å²) in [5.41, 5.74) is 3.65. The lowest BCUT2D eigenvalue weighted by atomic mass is 9.92. The van der Waals surface area contributed by atoms with Crippen LogP contribution in [0.3, 0.4) is 0 Å². The first kappa shape index (κ1) is 17.8. The van der Waals surface area contributed by atoms with Gasteiger partial charge in [0.25, 0.3) is 0 Å². The number of aromatic nitrogens is 2. The topological polar surface area (TPSA) is 68.3 Å². The van der Waals surface area contributed by atoms with Crippen molar-refractivity contribution in [2.45, 2.75) is 33.1 Å². The molecule has 0 N–H and O–H groups in total. The molecule has 26 heavy (non-hydrogen) atoms. The molecule has 0 aliphatic heterocycles. The summed E-state index contributed by atoms with van der Waals surface area (Å²) in [5.74, 6) is 0.294. The van der Waals surface area contributed by atoms with Gasteiger partial charge in [-0.1, -0.05) is 32.9 Å². The lowest BCUT2D eigenvalue weighted by Gasteiger charge is -2.15. The molecule has 3 aromatic rings. The van der Waals surface area contributed by atoms with E-state index >= 15 is 0 Å². The lowest BCUT2D eigenvalue weighted by molar-refractivity contribution is 0.0601. The number of rotatable bonds is 3. The van der Waals surface area contributed by atoms with E-state index in [9.17, 15) is 4.79 Å². The SMILES string of the molecule is COC(=O)c1cccc(N=Nc2c(C(C)(C)C)nc3ccc(C)cn23)c1. The summed E-state index contributed by atoms with van der Waals surface area (Å²) in [6.07, 6.45) is 2.00. The molecule has 0 atom stereocenters. The zero-order valence-corrected chi connectivity index (χ0v) is 15.6. The van der Waals surface area contributed by atoms with Crippen LogP contribution in [0.15, 0.2) is 52.8 Å². The van der Waals surface area contributed by atoms with E-state index in [0.717, 1.165) is 16.9 Å². The standard InChI is InChI=1S/C20H22N4O2/c1-13-9-10-16-21-17(20(2,3)4)18(24(16)12-13)23-22-15-8-6-7-14(11-15)19(25)26-5/h6-12H,1-5H3. The molecule has 0 amide bonds. The smallest absolute Gasteiger partial charge is 0.337 e. The van der Waals surface area contributed by atoms with Crippen molar-refractivity contribution >= 4 is 23.1 Å². The van der Waals surface area contributed by atoms with Crippen LogP contribution in [0.5, 0.6) is 0 Å². The average molecular weight is 350 g/mol. The minimum atomic E-state index is -0.400. The number of fused-ring (bicyclic) bond motifs is 1. The molecule has 134 valence electrons. The lowest BCUT2D eigenvalue weighted by Crippen LogP contribution is -2.11. The fraction of sp³-hybridized carbons (Fsp3) is 0.300. The van der Waals surface area contributed by atoms with E-state index in [4.69, 9.17) is 9.72 Å². The van der Waals surface area contributed by atoms with Crippen molar-refractivity contribution in [3.63, 3.8) is 0 Å².